The Hall–Kier alpha value is -1.51. The van der Waals surface area contributed by atoms with Gasteiger partial charge in [-0.25, -0.2) is 0 Å². The fourth-order valence-electron chi connectivity index (χ4n) is 3.41. The molecule has 1 aliphatic carbocycles. The fraction of sp³-hybridized carbons (Fsp3) is 0.611. The molecule has 0 saturated heterocycles. The van der Waals surface area contributed by atoms with Gasteiger partial charge in [0.25, 0.3) is 0 Å². The molecule has 0 unspecified atom stereocenters. The summed E-state index contributed by atoms with van der Waals surface area (Å²) in [6.07, 6.45) is 3.89. The number of carbonyl (C=O) groups is 1. The Bertz CT molecular complexity index is 546. The molecule has 0 heterocycles. The number of rotatable bonds is 3. The predicted molar refractivity (Wildman–Crippen MR) is 84.0 cm³/mol. The van der Waals surface area contributed by atoms with Crippen molar-refractivity contribution in [2.45, 2.75) is 70.6 Å². The minimum absolute atomic E-state index is 0.184. The smallest absolute Gasteiger partial charge is 0.314 e. The predicted octanol–water partition coefficient (Wildman–Crippen LogP) is 4.15. The van der Waals surface area contributed by atoms with Crippen molar-refractivity contribution >= 4 is 5.97 Å². The van der Waals surface area contributed by atoms with E-state index in [2.05, 4.69) is 6.92 Å². The number of benzene rings is 1. The third kappa shape index (κ3) is 2.66. The van der Waals surface area contributed by atoms with Gasteiger partial charge in [0.05, 0.1) is 5.41 Å². The molecule has 3 nitrogen and oxygen atoms in total. The van der Waals surface area contributed by atoms with Crippen molar-refractivity contribution in [2.24, 2.45) is 0 Å². The van der Waals surface area contributed by atoms with Crippen molar-refractivity contribution in [2.75, 3.05) is 0 Å². The molecule has 0 amide bonds. The Kier molecular flexibility index (Phi) is 4.05. The van der Waals surface area contributed by atoms with Crippen molar-refractivity contribution in [3.63, 3.8) is 0 Å². The van der Waals surface area contributed by atoms with Crippen LogP contribution in [-0.4, -0.2) is 16.2 Å². The summed E-state index contributed by atoms with van der Waals surface area (Å²) in [5.41, 5.74) is 1.46. The van der Waals surface area contributed by atoms with Crippen LogP contribution in [0.5, 0.6) is 5.75 Å². The molecule has 1 aromatic rings. The Morgan fingerprint density at radius 1 is 1.24 bits per heavy atom. The summed E-state index contributed by atoms with van der Waals surface area (Å²) in [5.74, 6) is -0.618. The second-order valence-corrected chi connectivity index (χ2v) is 7.24. The fourth-order valence-corrected chi connectivity index (χ4v) is 3.41. The molecule has 0 aromatic heterocycles. The monoisotopic (exact) mass is 290 g/mol. The SMILES string of the molecule is CCc1cc(C(C)(C)C)c(O)c(C2(C(=O)O)CCCC2)c1. The molecule has 0 bridgehead atoms. The number of carboxylic acids is 1. The van der Waals surface area contributed by atoms with Gasteiger partial charge in [0.15, 0.2) is 0 Å². The molecule has 1 aromatic carbocycles. The van der Waals surface area contributed by atoms with Gasteiger partial charge in [-0.15, -0.1) is 0 Å². The van der Waals surface area contributed by atoms with Gasteiger partial charge in [-0.2, -0.15) is 0 Å². The first-order valence-electron chi connectivity index (χ1n) is 7.82. The molecule has 0 aliphatic heterocycles. The Labute approximate surface area is 127 Å². The van der Waals surface area contributed by atoms with E-state index in [9.17, 15) is 15.0 Å². The Morgan fingerprint density at radius 2 is 1.81 bits per heavy atom. The van der Waals surface area contributed by atoms with E-state index in [1.165, 1.54) is 0 Å². The summed E-state index contributed by atoms with van der Waals surface area (Å²) in [7, 11) is 0. The Balaban J connectivity index is 2.70. The Morgan fingerprint density at radius 3 is 2.24 bits per heavy atom. The number of aryl methyl sites for hydroxylation is 1. The number of phenols is 1. The van der Waals surface area contributed by atoms with Crippen LogP contribution in [0.1, 0.15) is 70.1 Å². The van der Waals surface area contributed by atoms with Gasteiger partial charge in [-0.3, -0.25) is 4.79 Å². The van der Waals surface area contributed by atoms with E-state index in [-0.39, 0.29) is 11.2 Å². The number of aromatic hydroxyl groups is 1. The van der Waals surface area contributed by atoms with E-state index in [1.807, 2.05) is 32.9 Å². The third-order valence-electron chi connectivity index (χ3n) is 4.77. The van der Waals surface area contributed by atoms with Gasteiger partial charge < -0.3 is 10.2 Å². The average molecular weight is 290 g/mol. The topological polar surface area (TPSA) is 57.5 Å². The number of phenolic OH excluding ortho intramolecular Hbond substituents is 1. The van der Waals surface area contributed by atoms with E-state index < -0.39 is 11.4 Å². The summed E-state index contributed by atoms with van der Waals surface area (Å²) in [6, 6.07) is 3.92. The van der Waals surface area contributed by atoms with Crippen LogP contribution >= 0.6 is 0 Å². The van der Waals surface area contributed by atoms with Gasteiger partial charge in [0, 0.05) is 5.56 Å². The lowest BCUT2D eigenvalue weighted by atomic mass is 9.74. The second-order valence-electron chi connectivity index (χ2n) is 7.24. The molecular formula is C18H26O3. The summed E-state index contributed by atoms with van der Waals surface area (Å²) in [5, 5.41) is 20.5. The molecule has 21 heavy (non-hydrogen) atoms. The zero-order valence-corrected chi connectivity index (χ0v) is 13.5. The molecular weight excluding hydrogens is 264 g/mol. The molecule has 1 fully saturated rings. The average Bonchev–Trinajstić information content (AvgIpc) is 2.88. The van der Waals surface area contributed by atoms with Crippen molar-refractivity contribution < 1.29 is 15.0 Å². The summed E-state index contributed by atoms with van der Waals surface area (Å²) >= 11 is 0. The first kappa shape index (κ1) is 15.9. The van der Waals surface area contributed by atoms with Crippen LogP contribution in [-0.2, 0) is 22.0 Å². The molecule has 2 rings (SSSR count). The van der Waals surface area contributed by atoms with E-state index in [0.717, 1.165) is 30.4 Å². The van der Waals surface area contributed by atoms with Gasteiger partial charge in [0.2, 0.25) is 0 Å². The molecule has 116 valence electrons. The van der Waals surface area contributed by atoms with Crippen LogP contribution in [0.25, 0.3) is 0 Å². The highest BCUT2D eigenvalue weighted by molar-refractivity contribution is 5.83. The van der Waals surface area contributed by atoms with Gasteiger partial charge in [-0.05, 0) is 35.8 Å². The maximum atomic E-state index is 11.9. The second kappa shape index (κ2) is 5.36. The van der Waals surface area contributed by atoms with Crippen molar-refractivity contribution in [3.8, 4) is 5.75 Å². The molecule has 1 aliphatic rings. The number of aliphatic carboxylic acids is 1. The highest BCUT2D eigenvalue weighted by atomic mass is 16.4. The van der Waals surface area contributed by atoms with Crippen LogP contribution in [0.15, 0.2) is 12.1 Å². The standard InChI is InChI=1S/C18H26O3/c1-5-12-10-13(17(2,3)4)15(19)14(11-12)18(16(20)21)8-6-7-9-18/h10-11,19H,5-9H2,1-4H3,(H,20,21). The van der Waals surface area contributed by atoms with Crippen molar-refractivity contribution in [3.05, 3.63) is 28.8 Å². The molecule has 2 N–H and O–H groups in total. The molecule has 0 radical (unpaired) electrons. The van der Waals surface area contributed by atoms with Gasteiger partial charge >= 0.3 is 5.97 Å². The minimum atomic E-state index is -0.907. The van der Waals surface area contributed by atoms with Crippen molar-refractivity contribution in [1.82, 2.24) is 0 Å². The number of hydrogen-bond acceptors (Lipinski definition) is 2. The van der Waals surface area contributed by atoms with E-state index >= 15 is 0 Å². The normalized spacial score (nSPS) is 17.9. The van der Waals surface area contributed by atoms with Crippen molar-refractivity contribution in [1.29, 1.82) is 0 Å². The summed E-state index contributed by atoms with van der Waals surface area (Å²) in [4.78, 5) is 11.9. The lowest BCUT2D eigenvalue weighted by Crippen LogP contribution is -2.33. The third-order valence-corrected chi connectivity index (χ3v) is 4.77. The lowest BCUT2D eigenvalue weighted by molar-refractivity contribution is -0.143. The quantitative estimate of drug-likeness (QED) is 0.879. The molecule has 0 spiro atoms. The van der Waals surface area contributed by atoms with Crippen LogP contribution in [0, 0.1) is 0 Å². The zero-order chi connectivity index (χ0) is 15.8. The van der Waals surface area contributed by atoms with Gasteiger partial charge in [-0.1, -0.05) is 52.7 Å². The number of carboxylic acid groups (broad SMARTS) is 1. The van der Waals surface area contributed by atoms with Gasteiger partial charge in [0.1, 0.15) is 5.75 Å². The molecule has 1 saturated carbocycles. The van der Waals surface area contributed by atoms with Crippen LogP contribution in [0.4, 0.5) is 0 Å². The van der Waals surface area contributed by atoms with E-state index in [4.69, 9.17) is 0 Å². The number of hydrogen-bond donors (Lipinski definition) is 2. The van der Waals surface area contributed by atoms with E-state index in [1.54, 1.807) is 0 Å². The zero-order valence-electron chi connectivity index (χ0n) is 13.5. The minimum Gasteiger partial charge on any atom is -0.507 e. The highest BCUT2D eigenvalue weighted by Crippen LogP contribution is 2.47. The highest BCUT2D eigenvalue weighted by Gasteiger charge is 2.45. The maximum Gasteiger partial charge on any atom is 0.314 e. The maximum absolute atomic E-state index is 11.9. The summed E-state index contributed by atoms with van der Waals surface area (Å²) in [6.45, 7) is 8.21. The van der Waals surface area contributed by atoms with Crippen LogP contribution < -0.4 is 0 Å². The summed E-state index contributed by atoms with van der Waals surface area (Å²) < 4.78 is 0. The molecule has 0 atom stereocenters. The van der Waals surface area contributed by atoms with Crippen LogP contribution in [0.2, 0.25) is 0 Å². The van der Waals surface area contributed by atoms with E-state index in [0.29, 0.717) is 18.4 Å². The largest absolute Gasteiger partial charge is 0.507 e. The first-order chi connectivity index (χ1) is 9.72. The first-order valence-corrected chi connectivity index (χ1v) is 7.82. The molecule has 3 heteroatoms. The van der Waals surface area contributed by atoms with Crippen LogP contribution in [0.3, 0.4) is 0 Å². The lowest BCUT2D eigenvalue weighted by Gasteiger charge is -2.30.